The molecular formula is C12H20NS+. The molecule has 1 saturated heterocycles. The summed E-state index contributed by atoms with van der Waals surface area (Å²) in [5, 5.41) is 4.49. The topological polar surface area (TPSA) is 4.44 Å². The SMILES string of the molecule is c1cc(C[NH+]2CCCCCCC2)cs1. The summed E-state index contributed by atoms with van der Waals surface area (Å²) >= 11 is 1.82. The smallest absolute Gasteiger partial charge is 0.104 e. The van der Waals surface area contributed by atoms with Gasteiger partial charge < -0.3 is 4.90 Å². The van der Waals surface area contributed by atoms with Crippen LogP contribution >= 0.6 is 11.3 Å². The first-order valence-corrected chi connectivity index (χ1v) is 6.74. The molecule has 0 amide bonds. The summed E-state index contributed by atoms with van der Waals surface area (Å²) < 4.78 is 0. The highest BCUT2D eigenvalue weighted by Gasteiger charge is 2.11. The van der Waals surface area contributed by atoms with Crippen molar-refractivity contribution in [3.63, 3.8) is 0 Å². The number of nitrogens with one attached hydrogen (secondary N) is 1. The predicted octanol–water partition coefficient (Wildman–Crippen LogP) is 2.10. The Kier molecular flexibility index (Phi) is 4.02. The lowest BCUT2D eigenvalue weighted by atomic mass is 10.1. The molecule has 0 radical (unpaired) electrons. The van der Waals surface area contributed by atoms with Gasteiger partial charge in [-0.2, -0.15) is 11.3 Å². The van der Waals surface area contributed by atoms with Gasteiger partial charge >= 0.3 is 0 Å². The molecular weight excluding hydrogens is 190 g/mol. The van der Waals surface area contributed by atoms with Gasteiger partial charge in [0.2, 0.25) is 0 Å². The van der Waals surface area contributed by atoms with Gasteiger partial charge in [-0.3, -0.25) is 0 Å². The molecule has 1 aliphatic rings. The zero-order valence-electron chi connectivity index (χ0n) is 8.80. The Hall–Kier alpha value is -0.340. The van der Waals surface area contributed by atoms with Crippen molar-refractivity contribution >= 4 is 11.3 Å². The van der Waals surface area contributed by atoms with Crippen LogP contribution in [0.4, 0.5) is 0 Å². The predicted molar refractivity (Wildman–Crippen MR) is 61.8 cm³/mol. The molecule has 0 atom stereocenters. The lowest BCUT2D eigenvalue weighted by Gasteiger charge is -2.21. The summed E-state index contributed by atoms with van der Waals surface area (Å²) in [4.78, 5) is 1.79. The van der Waals surface area contributed by atoms with E-state index in [1.807, 2.05) is 11.3 Å². The van der Waals surface area contributed by atoms with Gasteiger partial charge in [-0.05, 0) is 42.5 Å². The van der Waals surface area contributed by atoms with Crippen LogP contribution in [0.1, 0.15) is 37.7 Å². The first kappa shape index (κ1) is 10.2. The van der Waals surface area contributed by atoms with E-state index in [1.54, 1.807) is 4.90 Å². The van der Waals surface area contributed by atoms with E-state index in [9.17, 15) is 0 Å². The second kappa shape index (κ2) is 5.52. The van der Waals surface area contributed by atoms with Gasteiger partial charge in [-0.15, -0.1) is 0 Å². The highest BCUT2D eigenvalue weighted by Crippen LogP contribution is 2.06. The average molecular weight is 210 g/mol. The Morgan fingerprint density at radius 3 is 2.43 bits per heavy atom. The second-order valence-corrected chi connectivity index (χ2v) is 5.11. The van der Waals surface area contributed by atoms with Gasteiger partial charge in [0.1, 0.15) is 6.54 Å². The van der Waals surface area contributed by atoms with Crippen molar-refractivity contribution in [3.8, 4) is 0 Å². The van der Waals surface area contributed by atoms with Gasteiger partial charge in [0.25, 0.3) is 0 Å². The molecule has 14 heavy (non-hydrogen) atoms. The van der Waals surface area contributed by atoms with Crippen molar-refractivity contribution < 1.29 is 4.90 Å². The van der Waals surface area contributed by atoms with E-state index in [1.165, 1.54) is 57.3 Å². The minimum Gasteiger partial charge on any atom is -0.331 e. The molecule has 1 aliphatic heterocycles. The molecule has 0 aliphatic carbocycles. The second-order valence-electron chi connectivity index (χ2n) is 4.33. The molecule has 78 valence electrons. The zero-order valence-corrected chi connectivity index (χ0v) is 9.61. The third kappa shape index (κ3) is 3.10. The zero-order chi connectivity index (χ0) is 9.64. The van der Waals surface area contributed by atoms with E-state index in [0.717, 1.165) is 0 Å². The van der Waals surface area contributed by atoms with Gasteiger partial charge in [0, 0.05) is 5.56 Å². The number of quaternary nitrogens is 1. The monoisotopic (exact) mass is 210 g/mol. The largest absolute Gasteiger partial charge is 0.331 e. The first-order valence-electron chi connectivity index (χ1n) is 5.80. The third-order valence-electron chi connectivity index (χ3n) is 3.09. The van der Waals surface area contributed by atoms with E-state index in [4.69, 9.17) is 0 Å². The number of hydrogen-bond donors (Lipinski definition) is 1. The minimum absolute atomic E-state index is 1.25. The summed E-state index contributed by atoms with van der Waals surface area (Å²) in [5.74, 6) is 0. The van der Waals surface area contributed by atoms with Crippen molar-refractivity contribution in [2.75, 3.05) is 13.1 Å². The van der Waals surface area contributed by atoms with Crippen LogP contribution in [0.2, 0.25) is 0 Å². The molecule has 1 aromatic rings. The highest BCUT2D eigenvalue weighted by atomic mass is 32.1. The summed E-state index contributed by atoms with van der Waals surface area (Å²) in [6, 6.07) is 2.27. The Labute approximate surface area is 90.7 Å². The number of thiophene rings is 1. The van der Waals surface area contributed by atoms with E-state index in [-0.39, 0.29) is 0 Å². The normalized spacial score (nSPS) is 20.3. The first-order chi connectivity index (χ1) is 6.95. The molecule has 2 rings (SSSR count). The van der Waals surface area contributed by atoms with Gasteiger partial charge in [-0.25, -0.2) is 0 Å². The fourth-order valence-corrected chi connectivity index (χ4v) is 2.93. The lowest BCUT2D eigenvalue weighted by Crippen LogP contribution is -3.10. The van der Waals surface area contributed by atoms with Crippen molar-refractivity contribution in [3.05, 3.63) is 22.4 Å². The maximum absolute atomic E-state index is 2.30. The molecule has 1 aromatic heterocycles. The van der Waals surface area contributed by atoms with E-state index in [0.29, 0.717) is 0 Å². The molecule has 0 bridgehead atoms. The molecule has 0 aromatic carbocycles. The van der Waals surface area contributed by atoms with Crippen LogP contribution in [0.25, 0.3) is 0 Å². The van der Waals surface area contributed by atoms with Crippen molar-refractivity contribution in [1.82, 2.24) is 0 Å². The summed E-state index contributed by atoms with van der Waals surface area (Å²) in [7, 11) is 0. The molecule has 1 N–H and O–H groups in total. The van der Waals surface area contributed by atoms with Crippen molar-refractivity contribution in [1.29, 1.82) is 0 Å². The number of hydrogen-bond acceptors (Lipinski definition) is 1. The number of likely N-dealkylation sites (tertiary alicyclic amines) is 1. The van der Waals surface area contributed by atoms with Crippen LogP contribution in [0.15, 0.2) is 16.8 Å². The third-order valence-corrected chi connectivity index (χ3v) is 3.83. The molecule has 2 heteroatoms. The van der Waals surface area contributed by atoms with E-state index in [2.05, 4.69) is 16.8 Å². The maximum Gasteiger partial charge on any atom is 0.104 e. The summed E-state index contributed by atoms with van der Waals surface area (Å²) in [6.45, 7) is 4.02. The van der Waals surface area contributed by atoms with Crippen LogP contribution in [0.3, 0.4) is 0 Å². The molecule has 0 saturated carbocycles. The maximum atomic E-state index is 2.30. The molecule has 0 spiro atoms. The lowest BCUT2D eigenvalue weighted by molar-refractivity contribution is -0.914. The molecule has 1 nitrogen and oxygen atoms in total. The Morgan fingerprint density at radius 1 is 1.07 bits per heavy atom. The van der Waals surface area contributed by atoms with Gasteiger partial charge in [-0.1, -0.05) is 6.42 Å². The van der Waals surface area contributed by atoms with Crippen LogP contribution in [0, 0.1) is 0 Å². The fraction of sp³-hybridized carbons (Fsp3) is 0.667. The highest BCUT2D eigenvalue weighted by molar-refractivity contribution is 7.07. The summed E-state index contributed by atoms with van der Waals surface area (Å²) in [6.07, 6.45) is 7.23. The average Bonchev–Trinajstić information content (AvgIpc) is 2.62. The van der Waals surface area contributed by atoms with Crippen LogP contribution < -0.4 is 4.90 Å². The van der Waals surface area contributed by atoms with Crippen LogP contribution in [0.5, 0.6) is 0 Å². The summed E-state index contributed by atoms with van der Waals surface area (Å²) in [5.41, 5.74) is 1.53. The Balaban J connectivity index is 1.83. The minimum atomic E-state index is 1.25. The van der Waals surface area contributed by atoms with Crippen molar-refractivity contribution in [2.24, 2.45) is 0 Å². The van der Waals surface area contributed by atoms with Crippen LogP contribution in [-0.4, -0.2) is 13.1 Å². The van der Waals surface area contributed by atoms with Crippen LogP contribution in [-0.2, 0) is 6.54 Å². The number of rotatable bonds is 2. The van der Waals surface area contributed by atoms with Gasteiger partial charge in [0.05, 0.1) is 13.1 Å². The van der Waals surface area contributed by atoms with E-state index < -0.39 is 0 Å². The van der Waals surface area contributed by atoms with Gasteiger partial charge in [0.15, 0.2) is 0 Å². The fourth-order valence-electron chi connectivity index (χ4n) is 2.26. The Morgan fingerprint density at radius 2 is 1.79 bits per heavy atom. The standard InChI is InChI=1S/C12H19NS/c1-2-4-7-13(8-5-3-1)10-12-6-9-14-11-12/h6,9,11H,1-5,7-8,10H2/p+1. The molecule has 0 unspecified atom stereocenters. The molecule has 1 fully saturated rings. The quantitative estimate of drug-likeness (QED) is 0.762. The van der Waals surface area contributed by atoms with E-state index >= 15 is 0 Å². The Bertz CT molecular complexity index is 235. The molecule has 2 heterocycles. The van der Waals surface area contributed by atoms with Crippen molar-refractivity contribution in [2.45, 2.75) is 38.6 Å².